The fourth-order valence-electron chi connectivity index (χ4n) is 3.64. The Kier molecular flexibility index (Phi) is 6.44. The molecule has 0 radical (unpaired) electrons. The number of hydrogen-bond donors (Lipinski definition) is 3. The summed E-state index contributed by atoms with van der Waals surface area (Å²) in [7, 11) is 0. The molecule has 1 atom stereocenters. The van der Waals surface area contributed by atoms with Crippen LogP contribution in [0.5, 0.6) is 0 Å². The largest absolute Gasteiger partial charge is 0.326 e. The number of halogens is 1. The molecule has 146 valence electrons. The fourth-order valence-corrected chi connectivity index (χ4v) is 3.64. The Hall–Kier alpha value is -2.70. The van der Waals surface area contributed by atoms with E-state index in [0.717, 1.165) is 30.5 Å². The van der Waals surface area contributed by atoms with Crippen molar-refractivity contribution in [3.63, 3.8) is 0 Å². The van der Waals surface area contributed by atoms with Crippen molar-refractivity contribution in [3.05, 3.63) is 65.5 Å². The second kappa shape index (κ2) is 8.99. The smallest absolute Gasteiger partial charge is 0.224 e. The summed E-state index contributed by atoms with van der Waals surface area (Å²) in [4.78, 5) is 16.7. The lowest BCUT2D eigenvalue weighted by molar-refractivity contribution is -0.117. The number of nitrogens with zero attached hydrogens (tertiary/aromatic N) is 2. The average molecular weight is 398 g/mol. The lowest BCUT2D eigenvalue weighted by Crippen LogP contribution is -2.21. The molecule has 3 aromatic rings. The zero-order valence-corrected chi connectivity index (χ0v) is 16.3. The molecule has 4 rings (SSSR count). The van der Waals surface area contributed by atoms with Crippen LogP contribution in [0.3, 0.4) is 0 Å². The number of carbonyl (C=O) groups is 1. The topological polar surface area (TPSA) is 96.7 Å². The van der Waals surface area contributed by atoms with Gasteiger partial charge in [0.25, 0.3) is 0 Å². The van der Waals surface area contributed by atoms with Crippen LogP contribution >= 0.6 is 12.4 Å². The molecule has 1 heterocycles. The van der Waals surface area contributed by atoms with Crippen molar-refractivity contribution in [1.82, 2.24) is 15.2 Å². The molecule has 0 aliphatic heterocycles. The first-order valence-corrected chi connectivity index (χ1v) is 9.29. The Morgan fingerprint density at radius 3 is 2.61 bits per heavy atom. The molecule has 0 saturated heterocycles. The molecule has 0 fully saturated rings. The lowest BCUT2D eigenvalue weighted by Gasteiger charge is -2.24. The monoisotopic (exact) mass is 397 g/mol. The molecular weight excluding hydrogens is 374 g/mol. The van der Waals surface area contributed by atoms with Crippen LogP contribution < -0.4 is 11.1 Å². The minimum atomic E-state index is 0. The van der Waals surface area contributed by atoms with Gasteiger partial charge in [0.1, 0.15) is 5.82 Å². The maximum Gasteiger partial charge on any atom is 0.224 e. The fraction of sp³-hybridized carbons (Fsp3) is 0.286. The molecule has 7 heteroatoms. The summed E-state index contributed by atoms with van der Waals surface area (Å²) in [6.45, 7) is 0.326. The number of aromatic amines is 1. The Bertz CT molecular complexity index is 938. The molecular formula is C21H24ClN5O. The SMILES string of the molecule is Cl.NCc1nc(-c2ccc(NC(=O)CC3CCc4ccccc4C3)cc2)n[nH]1. The van der Waals surface area contributed by atoms with Crippen LogP contribution in [0.4, 0.5) is 5.69 Å². The minimum absolute atomic E-state index is 0. The van der Waals surface area contributed by atoms with Crippen LogP contribution in [-0.2, 0) is 24.2 Å². The summed E-state index contributed by atoms with van der Waals surface area (Å²) < 4.78 is 0. The van der Waals surface area contributed by atoms with E-state index in [4.69, 9.17) is 5.73 Å². The third kappa shape index (κ3) is 4.58. The number of anilines is 1. The van der Waals surface area contributed by atoms with Gasteiger partial charge >= 0.3 is 0 Å². The number of aryl methyl sites for hydroxylation is 1. The molecule has 28 heavy (non-hydrogen) atoms. The summed E-state index contributed by atoms with van der Waals surface area (Å²) in [5, 5.41) is 9.94. The normalized spacial score (nSPS) is 15.4. The van der Waals surface area contributed by atoms with Gasteiger partial charge in [0, 0.05) is 17.7 Å². The van der Waals surface area contributed by atoms with Crippen molar-refractivity contribution < 1.29 is 4.79 Å². The summed E-state index contributed by atoms with van der Waals surface area (Å²) in [5.74, 6) is 1.73. The highest BCUT2D eigenvalue weighted by Crippen LogP contribution is 2.28. The first-order chi connectivity index (χ1) is 13.2. The van der Waals surface area contributed by atoms with Crippen LogP contribution in [0.2, 0.25) is 0 Å². The van der Waals surface area contributed by atoms with Crippen LogP contribution in [0.25, 0.3) is 11.4 Å². The van der Waals surface area contributed by atoms with Crippen LogP contribution in [0.1, 0.15) is 29.8 Å². The van der Waals surface area contributed by atoms with Gasteiger partial charge in [-0.15, -0.1) is 12.4 Å². The van der Waals surface area contributed by atoms with Crippen LogP contribution in [0, 0.1) is 5.92 Å². The number of aromatic nitrogens is 3. The molecule has 1 aliphatic rings. The average Bonchev–Trinajstić information content (AvgIpc) is 3.18. The van der Waals surface area contributed by atoms with Gasteiger partial charge in [0.2, 0.25) is 5.91 Å². The highest BCUT2D eigenvalue weighted by molar-refractivity contribution is 5.91. The summed E-state index contributed by atoms with van der Waals surface area (Å²) in [6, 6.07) is 16.1. The number of nitrogens with one attached hydrogen (secondary N) is 2. The quantitative estimate of drug-likeness (QED) is 0.614. The van der Waals surface area contributed by atoms with E-state index in [9.17, 15) is 4.79 Å². The number of amides is 1. The van der Waals surface area contributed by atoms with Gasteiger partial charge in [-0.05, 0) is 60.6 Å². The first-order valence-electron chi connectivity index (χ1n) is 9.29. The van der Waals surface area contributed by atoms with Gasteiger partial charge in [0.05, 0.1) is 6.54 Å². The van der Waals surface area contributed by atoms with Gasteiger partial charge in [-0.3, -0.25) is 9.89 Å². The predicted octanol–water partition coefficient (Wildman–Crippen LogP) is 3.49. The van der Waals surface area contributed by atoms with Gasteiger partial charge in [-0.2, -0.15) is 5.10 Å². The molecule has 6 nitrogen and oxygen atoms in total. The van der Waals surface area contributed by atoms with E-state index in [-0.39, 0.29) is 18.3 Å². The maximum atomic E-state index is 12.4. The molecule has 1 aliphatic carbocycles. The third-order valence-electron chi connectivity index (χ3n) is 5.07. The number of fused-ring (bicyclic) bond motifs is 1. The number of benzene rings is 2. The van der Waals surface area contributed by atoms with E-state index >= 15 is 0 Å². The number of nitrogens with two attached hydrogens (primary N) is 1. The number of H-pyrrole nitrogens is 1. The van der Waals surface area contributed by atoms with E-state index in [0.29, 0.717) is 30.5 Å². The minimum Gasteiger partial charge on any atom is -0.326 e. The zero-order valence-electron chi connectivity index (χ0n) is 15.5. The highest BCUT2D eigenvalue weighted by atomic mass is 35.5. The second-order valence-electron chi connectivity index (χ2n) is 7.02. The Labute approximate surface area is 170 Å². The Morgan fingerprint density at radius 1 is 1.14 bits per heavy atom. The lowest BCUT2D eigenvalue weighted by atomic mass is 9.82. The van der Waals surface area contributed by atoms with E-state index in [1.165, 1.54) is 11.1 Å². The van der Waals surface area contributed by atoms with E-state index in [1.807, 2.05) is 24.3 Å². The van der Waals surface area contributed by atoms with Crippen molar-refractivity contribution in [3.8, 4) is 11.4 Å². The van der Waals surface area contributed by atoms with Crippen molar-refractivity contribution in [2.24, 2.45) is 11.7 Å². The summed E-state index contributed by atoms with van der Waals surface area (Å²) in [6.07, 6.45) is 3.66. The van der Waals surface area contributed by atoms with Crippen LogP contribution in [-0.4, -0.2) is 21.1 Å². The van der Waals surface area contributed by atoms with E-state index in [1.54, 1.807) is 0 Å². The molecule has 0 bridgehead atoms. The van der Waals surface area contributed by atoms with Crippen LogP contribution in [0.15, 0.2) is 48.5 Å². The van der Waals surface area contributed by atoms with Crippen molar-refractivity contribution >= 4 is 24.0 Å². The number of hydrogen-bond acceptors (Lipinski definition) is 4. The Balaban J connectivity index is 0.00000225. The molecule has 1 unspecified atom stereocenters. The number of carbonyl (C=O) groups excluding carboxylic acids is 1. The van der Waals surface area contributed by atoms with Gasteiger partial charge in [-0.1, -0.05) is 24.3 Å². The maximum absolute atomic E-state index is 12.4. The van der Waals surface area contributed by atoms with Crippen molar-refractivity contribution in [2.75, 3.05) is 5.32 Å². The van der Waals surface area contributed by atoms with Gasteiger partial charge in [-0.25, -0.2) is 4.98 Å². The van der Waals surface area contributed by atoms with Crippen molar-refractivity contribution in [2.45, 2.75) is 32.2 Å². The second-order valence-corrected chi connectivity index (χ2v) is 7.02. The summed E-state index contributed by atoms with van der Waals surface area (Å²) >= 11 is 0. The van der Waals surface area contributed by atoms with Gasteiger partial charge in [0.15, 0.2) is 5.82 Å². The standard InChI is InChI=1S/C21H23N5O.ClH/c22-13-19-24-21(26-25-19)16-7-9-18(10-8-16)23-20(27)12-14-5-6-15-3-1-2-4-17(15)11-14;/h1-4,7-10,14H,5-6,11-13,22H2,(H,23,27)(H,24,25,26);1H. The molecule has 0 saturated carbocycles. The Morgan fingerprint density at radius 2 is 1.89 bits per heavy atom. The summed E-state index contributed by atoms with van der Waals surface area (Å²) in [5.41, 5.74) is 10.0. The van der Waals surface area contributed by atoms with E-state index < -0.39 is 0 Å². The molecule has 1 amide bonds. The third-order valence-corrected chi connectivity index (χ3v) is 5.07. The highest BCUT2D eigenvalue weighted by Gasteiger charge is 2.20. The van der Waals surface area contributed by atoms with Crippen molar-refractivity contribution in [1.29, 1.82) is 0 Å². The zero-order chi connectivity index (χ0) is 18.6. The number of rotatable bonds is 5. The van der Waals surface area contributed by atoms with Gasteiger partial charge < -0.3 is 11.1 Å². The molecule has 4 N–H and O–H groups in total. The van der Waals surface area contributed by atoms with E-state index in [2.05, 4.69) is 44.8 Å². The first kappa shape index (κ1) is 20.0. The molecule has 2 aromatic carbocycles. The molecule has 1 aromatic heterocycles. The predicted molar refractivity (Wildman–Crippen MR) is 112 cm³/mol. The molecule has 0 spiro atoms.